The van der Waals surface area contributed by atoms with Gasteiger partial charge in [0.2, 0.25) is 0 Å². The number of halogens is 4. The van der Waals surface area contributed by atoms with E-state index in [9.17, 15) is 18.0 Å². The van der Waals surface area contributed by atoms with Crippen LogP contribution in [0.15, 0.2) is 41.2 Å². The number of aromatic nitrogens is 4. The van der Waals surface area contributed by atoms with Gasteiger partial charge in [-0.15, -0.1) is 0 Å². The Balaban J connectivity index is 2.00. The van der Waals surface area contributed by atoms with Crippen LogP contribution in [0.1, 0.15) is 16.7 Å². The molecule has 0 saturated heterocycles. The van der Waals surface area contributed by atoms with Gasteiger partial charge in [0.25, 0.3) is 0 Å². The quantitative estimate of drug-likeness (QED) is 0.674. The highest BCUT2D eigenvalue weighted by Gasteiger charge is 2.34. The maximum absolute atomic E-state index is 13.2. The van der Waals surface area contributed by atoms with Gasteiger partial charge in [-0.2, -0.15) is 22.5 Å². The van der Waals surface area contributed by atoms with E-state index in [0.717, 1.165) is 33.1 Å². The van der Waals surface area contributed by atoms with Crippen molar-refractivity contribution in [2.24, 2.45) is 7.05 Å². The lowest BCUT2D eigenvalue weighted by Crippen LogP contribution is -2.23. The van der Waals surface area contributed by atoms with Gasteiger partial charge in [0.1, 0.15) is 12.4 Å². The first-order valence-corrected chi connectivity index (χ1v) is 8.13. The largest absolute Gasteiger partial charge is 0.488 e. The van der Waals surface area contributed by atoms with E-state index in [0.29, 0.717) is 11.3 Å². The minimum Gasteiger partial charge on any atom is -0.488 e. The summed E-state index contributed by atoms with van der Waals surface area (Å²) in [6.45, 7) is 1.54. The molecule has 0 amide bonds. The van der Waals surface area contributed by atoms with E-state index in [-0.39, 0.29) is 11.6 Å². The summed E-state index contributed by atoms with van der Waals surface area (Å²) < 4.78 is 47.1. The second-order valence-electron chi connectivity index (χ2n) is 5.80. The molecule has 2 aromatic carbocycles. The molecule has 142 valence electrons. The number of hydrogen-bond acceptors (Lipinski definition) is 4. The molecule has 0 aliphatic carbocycles. The van der Waals surface area contributed by atoms with Crippen LogP contribution in [-0.2, 0) is 19.8 Å². The zero-order valence-corrected chi connectivity index (χ0v) is 15.0. The number of aryl methyl sites for hydroxylation is 2. The third kappa shape index (κ3) is 3.82. The smallest absolute Gasteiger partial charge is 0.419 e. The number of nitrogens with zero attached hydrogens (tertiary/aromatic N) is 4. The molecule has 10 heteroatoms. The normalized spacial score (nSPS) is 11.6. The van der Waals surface area contributed by atoms with Crippen LogP contribution in [-0.4, -0.2) is 19.8 Å². The molecule has 0 atom stereocenters. The first-order chi connectivity index (χ1) is 12.7. The molecule has 0 unspecified atom stereocenters. The van der Waals surface area contributed by atoms with Crippen molar-refractivity contribution in [2.75, 3.05) is 0 Å². The van der Waals surface area contributed by atoms with Crippen molar-refractivity contribution in [2.45, 2.75) is 19.7 Å². The van der Waals surface area contributed by atoms with E-state index in [4.69, 9.17) is 16.3 Å². The van der Waals surface area contributed by atoms with Crippen molar-refractivity contribution >= 4 is 11.6 Å². The molecule has 0 aliphatic rings. The number of benzene rings is 2. The maximum Gasteiger partial charge on any atom is 0.419 e. The lowest BCUT2D eigenvalue weighted by atomic mass is 10.1. The van der Waals surface area contributed by atoms with E-state index < -0.39 is 23.2 Å². The zero-order valence-electron chi connectivity index (χ0n) is 14.3. The highest BCUT2D eigenvalue weighted by atomic mass is 35.5. The van der Waals surface area contributed by atoms with Crippen molar-refractivity contribution in [3.8, 4) is 11.4 Å². The molecule has 0 fully saturated rings. The predicted octanol–water partition coefficient (Wildman–Crippen LogP) is 3.53. The van der Waals surface area contributed by atoms with Crippen LogP contribution in [0.2, 0.25) is 5.02 Å². The molecule has 0 N–H and O–H groups in total. The molecule has 3 aromatic rings. The Bertz CT molecular complexity index is 1040. The second-order valence-corrected chi connectivity index (χ2v) is 6.23. The zero-order chi connectivity index (χ0) is 19.8. The Morgan fingerprint density at radius 2 is 1.93 bits per heavy atom. The van der Waals surface area contributed by atoms with Gasteiger partial charge >= 0.3 is 11.9 Å². The van der Waals surface area contributed by atoms with Crippen LogP contribution in [0, 0.1) is 6.92 Å². The summed E-state index contributed by atoms with van der Waals surface area (Å²) in [5, 5.41) is 7.54. The van der Waals surface area contributed by atoms with Crippen molar-refractivity contribution in [1.82, 2.24) is 19.8 Å². The average molecular weight is 399 g/mol. The Morgan fingerprint density at radius 1 is 1.19 bits per heavy atom. The summed E-state index contributed by atoms with van der Waals surface area (Å²) in [6, 6.07) is 8.20. The summed E-state index contributed by atoms with van der Waals surface area (Å²) in [6.07, 6.45) is -4.59. The third-order valence-electron chi connectivity index (χ3n) is 3.96. The maximum atomic E-state index is 13.2. The van der Waals surface area contributed by atoms with E-state index in [2.05, 4.69) is 10.4 Å². The van der Waals surface area contributed by atoms with Gasteiger partial charge in [0.05, 0.1) is 11.3 Å². The van der Waals surface area contributed by atoms with E-state index in [1.165, 1.54) is 7.05 Å². The molecule has 6 nitrogen and oxygen atoms in total. The van der Waals surface area contributed by atoms with Crippen molar-refractivity contribution in [3.63, 3.8) is 0 Å². The highest BCUT2D eigenvalue weighted by Crippen LogP contribution is 2.38. The number of ether oxygens (including phenoxy) is 1. The Morgan fingerprint density at radius 3 is 2.56 bits per heavy atom. The lowest BCUT2D eigenvalue weighted by molar-refractivity contribution is -0.139. The average Bonchev–Trinajstić information content (AvgIpc) is 2.91. The molecule has 0 bridgehead atoms. The van der Waals surface area contributed by atoms with Crippen LogP contribution in [0.5, 0.6) is 5.75 Å². The van der Waals surface area contributed by atoms with Crippen molar-refractivity contribution < 1.29 is 17.9 Å². The molecule has 0 spiro atoms. The molecule has 0 radical (unpaired) electrons. The molecule has 0 saturated carbocycles. The minimum atomic E-state index is -4.59. The first-order valence-electron chi connectivity index (χ1n) is 7.76. The summed E-state index contributed by atoms with van der Waals surface area (Å²) in [4.78, 5) is 12.1. The number of rotatable bonds is 4. The lowest BCUT2D eigenvalue weighted by Gasteiger charge is -2.16. The Hall–Kier alpha value is -2.81. The fourth-order valence-corrected chi connectivity index (χ4v) is 2.70. The molecule has 0 aliphatic heterocycles. The van der Waals surface area contributed by atoms with Crippen LogP contribution >= 0.6 is 11.6 Å². The van der Waals surface area contributed by atoms with Gasteiger partial charge in [-0.3, -0.25) is 0 Å². The molecule has 1 heterocycles. The van der Waals surface area contributed by atoms with E-state index >= 15 is 0 Å². The SMILES string of the molecule is Cc1cccc(-n2nnn(C)c2=O)c1COc1cc(Cl)ccc1C(F)(F)F. The van der Waals surface area contributed by atoms with Gasteiger partial charge in [0.15, 0.2) is 0 Å². The number of alkyl halides is 3. The van der Waals surface area contributed by atoms with Crippen LogP contribution in [0.4, 0.5) is 13.2 Å². The standard InChI is InChI=1S/C17H14ClF3N4O2/c1-10-4-3-5-14(25-16(26)24(2)22-23-25)12(10)9-27-15-8-11(18)6-7-13(15)17(19,20)21/h3-8H,9H2,1-2H3. The highest BCUT2D eigenvalue weighted by molar-refractivity contribution is 6.30. The predicted molar refractivity (Wildman–Crippen MR) is 92.1 cm³/mol. The first kappa shape index (κ1) is 19.0. The van der Waals surface area contributed by atoms with Crippen LogP contribution in [0.3, 0.4) is 0 Å². The van der Waals surface area contributed by atoms with Crippen LogP contribution in [0.25, 0.3) is 5.69 Å². The summed E-state index contributed by atoms with van der Waals surface area (Å²) in [7, 11) is 1.44. The summed E-state index contributed by atoms with van der Waals surface area (Å²) in [5.74, 6) is -0.393. The molecule has 27 heavy (non-hydrogen) atoms. The monoisotopic (exact) mass is 398 g/mol. The topological polar surface area (TPSA) is 61.9 Å². The van der Waals surface area contributed by atoms with Gasteiger partial charge < -0.3 is 4.74 Å². The molecule has 1 aromatic heterocycles. The van der Waals surface area contributed by atoms with Gasteiger partial charge in [-0.05, 0) is 47.2 Å². The molecule has 3 rings (SSSR count). The summed E-state index contributed by atoms with van der Waals surface area (Å²) >= 11 is 5.82. The van der Waals surface area contributed by atoms with Crippen molar-refractivity contribution in [1.29, 1.82) is 0 Å². The number of tetrazole rings is 1. The Labute approximate surface area is 156 Å². The van der Waals surface area contributed by atoms with Crippen molar-refractivity contribution in [3.05, 3.63) is 68.6 Å². The van der Waals surface area contributed by atoms with Gasteiger partial charge in [-0.1, -0.05) is 23.7 Å². The molecular formula is C17H14ClF3N4O2. The van der Waals surface area contributed by atoms with Gasteiger partial charge in [0, 0.05) is 17.6 Å². The molecular weight excluding hydrogens is 385 g/mol. The van der Waals surface area contributed by atoms with E-state index in [1.54, 1.807) is 25.1 Å². The third-order valence-corrected chi connectivity index (χ3v) is 4.19. The Kier molecular flexibility index (Phi) is 4.97. The summed E-state index contributed by atoms with van der Waals surface area (Å²) in [5.41, 5.74) is 0.191. The van der Waals surface area contributed by atoms with E-state index in [1.807, 2.05) is 0 Å². The fourth-order valence-electron chi connectivity index (χ4n) is 2.54. The second kappa shape index (κ2) is 7.07. The fraction of sp³-hybridized carbons (Fsp3) is 0.235. The number of hydrogen-bond donors (Lipinski definition) is 0. The van der Waals surface area contributed by atoms with Crippen LogP contribution < -0.4 is 10.4 Å². The minimum absolute atomic E-state index is 0.119. The van der Waals surface area contributed by atoms with Gasteiger partial charge in [-0.25, -0.2) is 4.79 Å².